The SMILES string of the molecule is CCN1CCN(C2(C(Cl)c3ccccc3)C=CNC=N2)CC1. The third kappa shape index (κ3) is 2.91. The highest BCUT2D eigenvalue weighted by Crippen LogP contribution is 2.40. The Morgan fingerprint density at radius 2 is 1.95 bits per heavy atom. The number of halogens is 1. The monoisotopic (exact) mass is 318 g/mol. The lowest BCUT2D eigenvalue weighted by molar-refractivity contribution is 0.0617. The van der Waals surface area contributed by atoms with Crippen molar-refractivity contribution in [3.05, 3.63) is 48.2 Å². The van der Waals surface area contributed by atoms with Crippen molar-refractivity contribution in [2.24, 2.45) is 4.99 Å². The summed E-state index contributed by atoms with van der Waals surface area (Å²) in [6.07, 6.45) is 5.79. The first-order chi connectivity index (χ1) is 10.8. The number of benzene rings is 1. The van der Waals surface area contributed by atoms with E-state index in [0.29, 0.717) is 0 Å². The van der Waals surface area contributed by atoms with Crippen LogP contribution < -0.4 is 5.32 Å². The summed E-state index contributed by atoms with van der Waals surface area (Å²) in [4.78, 5) is 9.63. The second-order valence-corrected chi connectivity index (χ2v) is 6.17. The van der Waals surface area contributed by atoms with E-state index in [4.69, 9.17) is 16.6 Å². The summed E-state index contributed by atoms with van der Waals surface area (Å²) in [5.74, 6) is 0. The van der Waals surface area contributed by atoms with E-state index >= 15 is 0 Å². The lowest BCUT2D eigenvalue weighted by atomic mass is 9.95. The van der Waals surface area contributed by atoms with Gasteiger partial charge >= 0.3 is 0 Å². The molecule has 0 aromatic heterocycles. The maximum atomic E-state index is 6.90. The topological polar surface area (TPSA) is 30.9 Å². The van der Waals surface area contributed by atoms with Gasteiger partial charge in [-0.05, 0) is 18.2 Å². The van der Waals surface area contributed by atoms with Crippen LogP contribution in [0.1, 0.15) is 17.9 Å². The van der Waals surface area contributed by atoms with Crippen molar-refractivity contribution < 1.29 is 0 Å². The second-order valence-electron chi connectivity index (χ2n) is 5.74. The summed E-state index contributed by atoms with van der Waals surface area (Å²) < 4.78 is 0. The van der Waals surface area contributed by atoms with Crippen molar-refractivity contribution in [3.8, 4) is 0 Å². The maximum Gasteiger partial charge on any atom is 0.155 e. The van der Waals surface area contributed by atoms with Crippen molar-refractivity contribution in [2.75, 3.05) is 32.7 Å². The highest BCUT2D eigenvalue weighted by molar-refractivity contribution is 6.22. The molecule has 2 atom stereocenters. The van der Waals surface area contributed by atoms with Gasteiger partial charge in [0, 0.05) is 32.4 Å². The number of nitrogens with one attached hydrogen (secondary N) is 1. The van der Waals surface area contributed by atoms with E-state index in [9.17, 15) is 0 Å². The number of nitrogens with zero attached hydrogens (tertiary/aromatic N) is 3. The van der Waals surface area contributed by atoms with Gasteiger partial charge in [0.15, 0.2) is 5.66 Å². The summed E-state index contributed by atoms with van der Waals surface area (Å²) in [5, 5.41) is 2.83. The predicted octanol–water partition coefficient (Wildman–Crippen LogP) is 2.45. The summed E-state index contributed by atoms with van der Waals surface area (Å²) in [5.41, 5.74) is 0.597. The predicted molar refractivity (Wildman–Crippen MR) is 92.2 cm³/mol. The zero-order chi connectivity index (χ0) is 15.4. The van der Waals surface area contributed by atoms with Gasteiger partial charge in [-0.1, -0.05) is 37.3 Å². The molecule has 0 saturated carbocycles. The molecule has 1 aromatic carbocycles. The van der Waals surface area contributed by atoms with Gasteiger partial charge in [0.1, 0.15) is 5.38 Å². The Morgan fingerprint density at radius 3 is 2.55 bits per heavy atom. The number of alkyl halides is 1. The van der Waals surface area contributed by atoms with Crippen LogP contribution >= 0.6 is 11.6 Å². The molecule has 0 bridgehead atoms. The van der Waals surface area contributed by atoms with Gasteiger partial charge in [0.25, 0.3) is 0 Å². The Morgan fingerprint density at radius 1 is 1.23 bits per heavy atom. The van der Waals surface area contributed by atoms with E-state index in [1.165, 1.54) is 0 Å². The van der Waals surface area contributed by atoms with Gasteiger partial charge in [-0.15, -0.1) is 11.6 Å². The fourth-order valence-corrected chi connectivity index (χ4v) is 3.60. The molecule has 22 heavy (non-hydrogen) atoms. The largest absolute Gasteiger partial charge is 0.353 e. The van der Waals surface area contributed by atoms with Gasteiger partial charge in [-0.3, -0.25) is 4.90 Å². The quantitative estimate of drug-likeness (QED) is 0.865. The van der Waals surface area contributed by atoms with Crippen molar-refractivity contribution in [1.82, 2.24) is 15.1 Å². The Labute approximate surface area is 137 Å². The fraction of sp³-hybridized carbons (Fsp3) is 0.471. The Bertz CT molecular complexity index is 523. The van der Waals surface area contributed by atoms with Crippen LogP contribution in [0, 0.1) is 0 Å². The lowest BCUT2D eigenvalue weighted by Crippen LogP contribution is -2.58. The van der Waals surface area contributed by atoms with E-state index in [0.717, 1.165) is 38.3 Å². The van der Waals surface area contributed by atoms with E-state index in [2.05, 4.69) is 40.2 Å². The van der Waals surface area contributed by atoms with Crippen LogP contribution in [0.2, 0.25) is 0 Å². The molecule has 2 aliphatic heterocycles. The average Bonchev–Trinajstić information content (AvgIpc) is 2.62. The Hall–Kier alpha value is -1.36. The molecule has 0 amide bonds. The Kier molecular flexibility index (Phi) is 4.81. The molecule has 3 rings (SSSR count). The van der Waals surface area contributed by atoms with Crippen LogP contribution in [0.15, 0.2) is 47.6 Å². The summed E-state index contributed by atoms with van der Waals surface area (Å²) in [6.45, 7) is 7.39. The van der Waals surface area contributed by atoms with Crippen molar-refractivity contribution in [1.29, 1.82) is 0 Å². The molecule has 2 unspecified atom stereocenters. The molecule has 2 heterocycles. The van der Waals surface area contributed by atoms with Gasteiger partial charge in [0.05, 0.1) is 6.34 Å². The lowest BCUT2D eigenvalue weighted by Gasteiger charge is -2.46. The summed E-state index contributed by atoms with van der Waals surface area (Å²) in [6, 6.07) is 10.2. The highest BCUT2D eigenvalue weighted by atomic mass is 35.5. The number of hydrogen-bond acceptors (Lipinski definition) is 4. The normalized spacial score (nSPS) is 27.5. The third-order valence-electron chi connectivity index (χ3n) is 4.56. The van der Waals surface area contributed by atoms with Crippen LogP contribution in [0.4, 0.5) is 0 Å². The molecule has 4 nitrogen and oxygen atoms in total. The van der Waals surface area contributed by atoms with Crippen LogP contribution in [0.3, 0.4) is 0 Å². The fourth-order valence-electron chi connectivity index (χ4n) is 3.18. The minimum atomic E-state index is -0.506. The first-order valence-corrected chi connectivity index (χ1v) is 8.34. The number of aliphatic imine (C=N–C) groups is 1. The standard InChI is InChI=1S/C17H23ClN4/c1-2-21-10-12-22(13-11-21)17(8-9-19-14-20-17)16(18)15-6-4-3-5-7-15/h3-9,14,16H,2,10-13H2,1H3,(H,19,20). The molecule has 5 heteroatoms. The van der Waals surface area contributed by atoms with Gasteiger partial charge < -0.3 is 10.2 Å². The third-order valence-corrected chi connectivity index (χ3v) is 5.14. The van der Waals surface area contributed by atoms with Crippen LogP contribution in [0.5, 0.6) is 0 Å². The van der Waals surface area contributed by atoms with Crippen LogP contribution in [0.25, 0.3) is 0 Å². The van der Waals surface area contributed by atoms with Gasteiger partial charge in [0.2, 0.25) is 0 Å². The summed E-state index contributed by atoms with van der Waals surface area (Å²) in [7, 11) is 0. The molecule has 1 N–H and O–H groups in total. The molecule has 1 fully saturated rings. The van der Waals surface area contributed by atoms with E-state index in [1.54, 1.807) is 6.34 Å². The first-order valence-electron chi connectivity index (χ1n) is 7.90. The number of likely N-dealkylation sites (N-methyl/N-ethyl adjacent to an activating group) is 1. The molecule has 0 radical (unpaired) electrons. The molecule has 0 aliphatic carbocycles. The molecule has 0 spiro atoms. The van der Waals surface area contributed by atoms with E-state index in [1.807, 2.05) is 24.4 Å². The molecule has 1 saturated heterocycles. The van der Waals surface area contributed by atoms with Gasteiger partial charge in [-0.25, -0.2) is 4.99 Å². The minimum absolute atomic E-state index is 0.212. The number of hydrogen-bond donors (Lipinski definition) is 1. The molecular weight excluding hydrogens is 296 g/mol. The van der Waals surface area contributed by atoms with Crippen molar-refractivity contribution in [2.45, 2.75) is 18.0 Å². The number of piperazine rings is 1. The zero-order valence-corrected chi connectivity index (χ0v) is 13.7. The van der Waals surface area contributed by atoms with E-state index < -0.39 is 5.66 Å². The summed E-state index contributed by atoms with van der Waals surface area (Å²) >= 11 is 6.90. The Balaban J connectivity index is 1.88. The molecular formula is C17H23ClN4. The zero-order valence-electron chi connectivity index (χ0n) is 13.0. The average molecular weight is 319 g/mol. The van der Waals surface area contributed by atoms with Crippen LogP contribution in [-0.4, -0.2) is 54.5 Å². The first kappa shape index (κ1) is 15.5. The molecule has 2 aliphatic rings. The van der Waals surface area contributed by atoms with Crippen molar-refractivity contribution in [3.63, 3.8) is 0 Å². The smallest absolute Gasteiger partial charge is 0.155 e. The second kappa shape index (κ2) is 6.82. The minimum Gasteiger partial charge on any atom is -0.353 e. The molecule has 1 aromatic rings. The van der Waals surface area contributed by atoms with E-state index in [-0.39, 0.29) is 5.38 Å². The maximum absolute atomic E-state index is 6.90. The van der Waals surface area contributed by atoms with Crippen molar-refractivity contribution >= 4 is 17.9 Å². The van der Waals surface area contributed by atoms with Gasteiger partial charge in [-0.2, -0.15) is 0 Å². The number of rotatable bonds is 4. The van der Waals surface area contributed by atoms with Crippen LogP contribution in [-0.2, 0) is 0 Å². The molecule has 118 valence electrons. The highest BCUT2D eigenvalue weighted by Gasteiger charge is 2.43.